The minimum atomic E-state index is -0.424. The Kier molecular flexibility index (Phi) is 9.62. The van der Waals surface area contributed by atoms with Gasteiger partial charge in [0.2, 0.25) is 5.91 Å². The van der Waals surface area contributed by atoms with Crippen molar-refractivity contribution in [3.8, 4) is 0 Å². The molecule has 1 N–H and O–H groups in total. The van der Waals surface area contributed by atoms with Gasteiger partial charge >= 0.3 is 5.97 Å². The van der Waals surface area contributed by atoms with Crippen LogP contribution in [-0.4, -0.2) is 66.5 Å². The van der Waals surface area contributed by atoms with Crippen molar-refractivity contribution in [3.05, 3.63) is 57.8 Å². The SMILES string of the molecule is CCOC(=O)c1cncc(SCC(=O)NC[C@H]2CN(Cc3ccc(Cl)c(Cl)c3)CCO2)c1. The minimum absolute atomic E-state index is 0.0886. The molecular formula is C22H25Cl2N3O4S. The number of carbonyl (C=O) groups excluding carboxylic acids is 2. The zero-order valence-electron chi connectivity index (χ0n) is 17.7. The first-order valence-corrected chi connectivity index (χ1v) is 12.0. The zero-order valence-corrected chi connectivity index (χ0v) is 20.0. The molecule has 1 aliphatic heterocycles. The number of carbonyl (C=O) groups is 2. The molecule has 3 rings (SSSR count). The quantitative estimate of drug-likeness (QED) is 0.418. The van der Waals surface area contributed by atoms with E-state index < -0.39 is 5.97 Å². The molecule has 2 heterocycles. The van der Waals surface area contributed by atoms with Crippen molar-refractivity contribution in [1.29, 1.82) is 0 Å². The molecule has 7 nitrogen and oxygen atoms in total. The predicted octanol–water partition coefficient (Wildman–Crippen LogP) is 3.67. The average molecular weight is 498 g/mol. The molecule has 172 valence electrons. The van der Waals surface area contributed by atoms with Gasteiger partial charge in [-0.15, -0.1) is 11.8 Å². The van der Waals surface area contributed by atoms with E-state index in [1.165, 1.54) is 18.0 Å². The molecule has 0 saturated carbocycles. The molecule has 1 aromatic carbocycles. The number of nitrogens with zero attached hydrogens (tertiary/aromatic N) is 2. The van der Waals surface area contributed by atoms with Crippen molar-refractivity contribution in [2.45, 2.75) is 24.5 Å². The molecule has 0 aliphatic carbocycles. The number of hydrogen-bond donors (Lipinski definition) is 1. The lowest BCUT2D eigenvalue weighted by molar-refractivity contribution is -0.119. The van der Waals surface area contributed by atoms with E-state index in [4.69, 9.17) is 32.7 Å². The lowest BCUT2D eigenvalue weighted by atomic mass is 10.2. The Labute approximate surface area is 201 Å². The van der Waals surface area contributed by atoms with Gasteiger partial charge in [0.25, 0.3) is 0 Å². The second-order valence-corrected chi connectivity index (χ2v) is 9.06. The van der Waals surface area contributed by atoms with Crippen LogP contribution in [0.2, 0.25) is 10.0 Å². The van der Waals surface area contributed by atoms with Gasteiger partial charge in [-0.05, 0) is 30.7 Å². The molecule has 1 aliphatic rings. The Hall–Kier alpha value is -1.84. The summed E-state index contributed by atoms with van der Waals surface area (Å²) in [7, 11) is 0. The molecule has 1 saturated heterocycles. The fourth-order valence-corrected chi connectivity index (χ4v) is 4.26. The van der Waals surface area contributed by atoms with Crippen LogP contribution in [0.1, 0.15) is 22.8 Å². The van der Waals surface area contributed by atoms with Crippen molar-refractivity contribution in [3.63, 3.8) is 0 Å². The predicted molar refractivity (Wildman–Crippen MR) is 125 cm³/mol. The molecule has 10 heteroatoms. The lowest BCUT2D eigenvalue weighted by Gasteiger charge is -2.33. The van der Waals surface area contributed by atoms with E-state index in [1.54, 1.807) is 25.3 Å². The summed E-state index contributed by atoms with van der Waals surface area (Å²) in [5, 5.41) is 4.00. The Morgan fingerprint density at radius 2 is 2.12 bits per heavy atom. The largest absolute Gasteiger partial charge is 0.462 e. The van der Waals surface area contributed by atoms with Crippen molar-refractivity contribution in [2.24, 2.45) is 0 Å². The fourth-order valence-electron chi connectivity index (χ4n) is 3.20. The summed E-state index contributed by atoms with van der Waals surface area (Å²) in [5.74, 6) is -0.318. The number of morpholine rings is 1. The number of aromatic nitrogens is 1. The van der Waals surface area contributed by atoms with Gasteiger partial charge in [-0.3, -0.25) is 14.7 Å². The van der Waals surface area contributed by atoms with E-state index in [0.717, 1.165) is 23.5 Å². The summed E-state index contributed by atoms with van der Waals surface area (Å²) >= 11 is 13.4. The third-order valence-corrected chi connectivity index (χ3v) is 6.44. The Bertz CT molecular complexity index is 947. The van der Waals surface area contributed by atoms with Crippen LogP contribution in [0.4, 0.5) is 0 Å². The molecule has 0 radical (unpaired) electrons. The maximum Gasteiger partial charge on any atom is 0.339 e. The monoisotopic (exact) mass is 497 g/mol. The fraction of sp³-hybridized carbons (Fsp3) is 0.409. The zero-order chi connectivity index (χ0) is 22.9. The van der Waals surface area contributed by atoms with E-state index in [1.807, 2.05) is 12.1 Å². The number of thioether (sulfide) groups is 1. The smallest absolute Gasteiger partial charge is 0.339 e. The number of nitrogens with one attached hydrogen (secondary N) is 1. The van der Waals surface area contributed by atoms with Gasteiger partial charge in [0.1, 0.15) is 0 Å². The van der Waals surface area contributed by atoms with Crippen molar-refractivity contribution >= 4 is 46.8 Å². The van der Waals surface area contributed by atoms with Crippen molar-refractivity contribution in [1.82, 2.24) is 15.2 Å². The van der Waals surface area contributed by atoms with Crippen LogP contribution in [0.25, 0.3) is 0 Å². The maximum atomic E-state index is 12.3. The molecular weight excluding hydrogens is 473 g/mol. The van der Waals surface area contributed by atoms with Crippen LogP contribution in [0.15, 0.2) is 41.6 Å². The van der Waals surface area contributed by atoms with Gasteiger partial charge in [0, 0.05) is 43.5 Å². The van der Waals surface area contributed by atoms with Crippen LogP contribution in [-0.2, 0) is 20.8 Å². The van der Waals surface area contributed by atoms with E-state index in [-0.39, 0.29) is 17.8 Å². The number of halogens is 2. The van der Waals surface area contributed by atoms with Gasteiger partial charge < -0.3 is 14.8 Å². The van der Waals surface area contributed by atoms with Gasteiger partial charge in [-0.1, -0.05) is 29.3 Å². The second kappa shape index (κ2) is 12.4. The number of ether oxygens (including phenoxy) is 2. The lowest BCUT2D eigenvalue weighted by Crippen LogP contribution is -2.47. The highest BCUT2D eigenvalue weighted by molar-refractivity contribution is 8.00. The Morgan fingerprint density at radius 1 is 1.28 bits per heavy atom. The van der Waals surface area contributed by atoms with Gasteiger partial charge in [0.15, 0.2) is 0 Å². The van der Waals surface area contributed by atoms with Crippen LogP contribution in [0.3, 0.4) is 0 Å². The first-order chi connectivity index (χ1) is 15.4. The van der Waals surface area contributed by atoms with Gasteiger partial charge in [-0.25, -0.2) is 4.79 Å². The van der Waals surface area contributed by atoms with Gasteiger partial charge in [0.05, 0.1) is 40.7 Å². The van der Waals surface area contributed by atoms with E-state index in [2.05, 4.69) is 15.2 Å². The summed E-state index contributed by atoms with van der Waals surface area (Å²) in [5.41, 5.74) is 1.45. The van der Waals surface area contributed by atoms with E-state index in [9.17, 15) is 9.59 Å². The molecule has 32 heavy (non-hydrogen) atoms. The highest BCUT2D eigenvalue weighted by Gasteiger charge is 2.21. The maximum absolute atomic E-state index is 12.3. The van der Waals surface area contributed by atoms with Crippen LogP contribution in [0.5, 0.6) is 0 Å². The summed E-state index contributed by atoms with van der Waals surface area (Å²) in [6.07, 6.45) is 2.98. The summed E-state index contributed by atoms with van der Waals surface area (Å²) in [4.78, 5) is 31.1. The number of pyridine rings is 1. The topological polar surface area (TPSA) is 80.8 Å². The Balaban J connectivity index is 1.42. The molecule has 1 atom stereocenters. The second-order valence-electron chi connectivity index (χ2n) is 7.20. The third kappa shape index (κ3) is 7.64. The van der Waals surface area contributed by atoms with Crippen LogP contribution < -0.4 is 5.32 Å². The first kappa shape index (κ1) is 24.8. The summed E-state index contributed by atoms with van der Waals surface area (Å²) < 4.78 is 10.8. The molecule has 1 aromatic heterocycles. The average Bonchev–Trinajstić information content (AvgIpc) is 2.79. The summed E-state index contributed by atoms with van der Waals surface area (Å²) in [6.45, 7) is 5.33. The molecule has 0 bridgehead atoms. The number of rotatable bonds is 9. The molecule has 2 aromatic rings. The Morgan fingerprint density at radius 3 is 2.91 bits per heavy atom. The number of amides is 1. The van der Waals surface area contributed by atoms with Gasteiger partial charge in [-0.2, -0.15) is 0 Å². The number of hydrogen-bond acceptors (Lipinski definition) is 7. The molecule has 0 spiro atoms. The minimum Gasteiger partial charge on any atom is -0.462 e. The van der Waals surface area contributed by atoms with E-state index in [0.29, 0.717) is 41.9 Å². The number of esters is 1. The molecule has 0 unspecified atom stereocenters. The standard InChI is InChI=1S/C22H25Cl2N3O4S/c1-2-30-22(29)16-8-18(11-25-9-16)32-14-21(28)26-10-17-13-27(5-6-31-17)12-15-3-4-19(23)20(24)7-15/h3-4,7-9,11,17H,2,5-6,10,12-14H2,1H3,(H,26,28)/t17-/m0/s1. The van der Waals surface area contributed by atoms with E-state index >= 15 is 0 Å². The highest BCUT2D eigenvalue weighted by atomic mass is 35.5. The van der Waals surface area contributed by atoms with Crippen molar-refractivity contribution in [2.75, 3.05) is 38.6 Å². The molecule has 1 fully saturated rings. The molecule has 1 amide bonds. The first-order valence-electron chi connectivity index (χ1n) is 10.2. The van der Waals surface area contributed by atoms with Crippen molar-refractivity contribution < 1.29 is 19.1 Å². The van der Waals surface area contributed by atoms with Crippen LogP contribution >= 0.6 is 35.0 Å². The third-order valence-electron chi connectivity index (χ3n) is 4.73. The summed E-state index contributed by atoms with van der Waals surface area (Å²) in [6, 6.07) is 7.31. The van der Waals surface area contributed by atoms with Crippen LogP contribution in [0, 0.1) is 0 Å². The highest BCUT2D eigenvalue weighted by Crippen LogP contribution is 2.23. The number of benzene rings is 1. The normalized spacial score (nSPS) is 16.5.